The van der Waals surface area contributed by atoms with E-state index in [0.29, 0.717) is 12.2 Å². The van der Waals surface area contributed by atoms with Gasteiger partial charge in [-0.2, -0.15) is 5.26 Å². The molecule has 0 bridgehead atoms. The van der Waals surface area contributed by atoms with Gasteiger partial charge in [0.15, 0.2) is 0 Å². The molecule has 0 aliphatic carbocycles. The maximum Gasteiger partial charge on any atom is 0.141 e. The molecule has 4 heteroatoms. The molecule has 3 nitrogen and oxygen atoms in total. The first-order valence-corrected chi connectivity index (χ1v) is 4.54. The van der Waals surface area contributed by atoms with E-state index < -0.39 is 0 Å². The van der Waals surface area contributed by atoms with E-state index in [9.17, 15) is 0 Å². The highest BCUT2D eigenvalue weighted by atomic mass is 32.2. The van der Waals surface area contributed by atoms with Crippen molar-refractivity contribution in [1.29, 1.82) is 5.26 Å². The molecule has 0 aliphatic rings. The molecular weight excluding hydrogens is 170 g/mol. The SMILES string of the molecule is N#Cc1cc(SCCN)ccn1. The van der Waals surface area contributed by atoms with Gasteiger partial charge in [0.05, 0.1) is 0 Å². The summed E-state index contributed by atoms with van der Waals surface area (Å²) < 4.78 is 0. The van der Waals surface area contributed by atoms with E-state index >= 15 is 0 Å². The summed E-state index contributed by atoms with van der Waals surface area (Å²) in [5.74, 6) is 0.870. The summed E-state index contributed by atoms with van der Waals surface area (Å²) >= 11 is 1.63. The molecule has 0 radical (unpaired) electrons. The van der Waals surface area contributed by atoms with Crippen LogP contribution in [-0.4, -0.2) is 17.3 Å². The average molecular weight is 179 g/mol. The first-order valence-electron chi connectivity index (χ1n) is 3.56. The number of hydrogen-bond donors (Lipinski definition) is 1. The Morgan fingerprint density at radius 3 is 3.17 bits per heavy atom. The molecule has 1 aromatic heterocycles. The van der Waals surface area contributed by atoms with Crippen molar-refractivity contribution in [3.63, 3.8) is 0 Å². The lowest BCUT2D eigenvalue weighted by Gasteiger charge is -1.97. The number of pyridine rings is 1. The topological polar surface area (TPSA) is 62.7 Å². The number of hydrogen-bond acceptors (Lipinski definition) is 4. The fourth-order valence-electron chi connectivity index (χ4n) is 0.739. The zero-order chi connectivity index (χ0) is 8.81. The van der Waals surface area contributed by atoms with Gasteiger partial charge in [-0.1, -0.05) is 0 Å². The monoisotopic (exact) mass is 179 g/mol. The van der Waals surface area contributed by atoms with Crippen LogP contribution in [0.15, 0.2) is 23.2 Å². The van der Waals surface area contributed by atoms with Gasteiger partial charge in [-0.3, -0.25) is 0 Å². The van der Waals surface area contributed by atoms with Crippen LogP contribution in [0.2, 0.25) is 0 Å². The molecule has 0 amide bonds. The molecule has 0 saturated carbocycles. The van der Waals surface area contributed by atoms with Gasteiger partial charge in [-0.05, 0) is 12.1 Å². The zero-order valence-electron chi connectivity index (χ0n) is 6.53. The minimum absolute atomic E-state index is 0.456. The quantitative estimate of drug-likeness (QED) is 0.703. The summed E-state index contributed by atoms with van der Waals surface area (Å²) in [6, 6.07) is 5.63. The van der Waals surface area contributed by atoms with E-state index in [1.807, 2.05) is 12.1 Å². The number of aromatic nitrogens is 1. The average Bonchev–Trinajstić information content (AvgIpc) is 2.15. The highest BCUT2D eigenvalue weighted by molar-refractivity contribution is 7.99. The third-order valence-corrected chi connectivity index (χ3v) is 2.26. The van der Waals surface area contributed by atoms with Crippen LogP contribution in [0.3, 0.4) is 0 Å². The van der Waals surface area contributed by atoms with Crippen LogP contribution in [-0.2, 0) is 0 Å². The van der Waals surface area contributed by atoms with Crippen molar-refractivity contribution >= 4 is 11.8 Å². The summed E-state index contributed by atoms with van der Waals surface area (Å²) in [6.07, 6.45) is 1.64. The van der Waals surface area contributed by atoms with Crippen molar-refractivity contribution in [1.82, 2.24) is 4.98 Å². The summed E-state index contributed by atoms with van der Waals surface area (Å²) in [7, 11) is 0. The number of nitrogens with zero attached hydrogens (tertiary/aromatic N) is 2. The van der Waals surface area contributed by atoms with Crippen LogP contribution in [0.4, 0.5) is 0 Å². The lowest BCUT2D eigenvalue weighted by molar-refractivity contribution is 1.14. The van der Waals surface area contributed by atoms with Crippen LogP contribution < -0.4 is 5.73 Å². The Morgan fingerprint density at radius 1 is 1.67 bits per heavy atom. The van der Waals surface area contributed by atoms with Gasteiger partial charge in [-0.25, -0.2) is 4.98 Å². The van der Waals surface area contributed by atoms with Gasteiger partial charge in [0.25, 0.3) is 0 Å². The molecule has 0 atom stereocenters. The highest BCUT2D eigenvalue weighted by Gasteiger charge is 1.95. The molecule has 0 aromatic carbocycles. The molecule has 1 rings (SSSR count). The highest BCUT2D eigenvalue weighted by Crippen LogP contribution is 2.16. The number of rotatable bonds is 3. The van der Waals surface area contributed by atoms with Gasteiger partial charge in [0.1, 0.15) is 11.8 Å². The van der Waals surface area contributed by atoms with Crippen molar-refractivity contribution in [2.45, 2.75) is 4.90 Å². The summed E-state index contributed by atoms with van der Waals surface area (Å²) in [5, 5.41) is 8.54. The zero-order valence-corrected chi connectivity index (χ0v) is 7.34. The second kappa shape index (κ2) is 4.75. The molecule has 0 saturated heterocycles. The van der Waals surface area contributed by atoms with E-state index in [0.717, 1.165) is 10.6 Å². The standard InChI is InChI=1S/C8H9N3S/c9-2-4-12-8-1-3-11-7(5-8)6-10/h1,3,5H,2,4,9H2. The second-order valence-electron chi connectivity index (χ2n) is 2.13. The molecule has 0 aliphatic heterocycles. The van der Waals surface area contributed by atoms with E-state index in [4.69, 9.17) is 11.0 Å². The van der Waals surface area contributed by atoms with Crippen molar-refractivity contribution in [3.05, 3.63) is 24.0 Å². The molecule has 0 spiro atoms. The Hall–Kier alpha value is -1.05. The number of thioether (sulfide) groups is 1. The van der Waals surface area contributed by atoms with Crippen molar-refractivity contribution in [3.8, 4) is 6.07 Å². The molecule has 1 heterocycles. The fraction of sp³-hybridized carbons (Fsp3) is 0.250. The van der Waals surface area contributed by atoms with Gasteiger partial charge in [0.2, 0.25) is 0 Å². The smallest absolute Gasteiger partial charge is 0.141 e. The predicted octanol–water partition coefficient (Wildman–Crippen LogP) is 1.00. The largest absolute Gasteiger partial charge is 0.330 e. The normalized spacial score (nSPS) is 9.33. The van der Waals surface area contributed by atoms with Gasteiger partial charge in [0, 0.05) is 23.4 Å². The third kappa shape index (κ3) is 2.53. The molecule has 0 unspecified atom stereocenters. The third-order valence-electron chi connectivity index (χ3n) is 1.23. The van der Waals surface area contributed by atoms with Crippen molar-refractivity contribution < 1.29 is 0 Å². The van der Waals surface area contributed by atoms with Crippen LogP contribution in [0.5, 0.6) is 0 Å². The minimum Gasteiger partial charge on any atom is -0.330 e. The molecule has 0 fully saturated rings. The van der Waals surface area contributed by atoms with Crippen LogP contribution in [0.1, 0.15) is 5.69 Å². The van der Waals surface area contributed by atoms with Crippen molar-refractivity contribution in [2.24, 2.45) is 5.73 Å². The molecule has 62 valence electrons. The van der Waals surface area contributed by atoms with E-state index in [-0.39, 0.29) is 0 Å². The van der Waals surface area contributed by atoms with Gasteiger partial charge < -0.3 is 5.73 Å². The van der Waals surface area contributed by atoms with Crippen LogP contribution >= 0.6 is 11.8 Å². The minimum atomic E-state index is 0.456. The maximum atomic E-state index is 8.54. The Morgan fingerprint density at radius 2 is 2.50 bits per heavy atom. The Balaban J connectivity index is 2.68. The lowest BCUT2D eigenvalue weighted by Crippen LogP contribution is -2.00. The summed E-state index contributed by atoms with van der Waals surface area (Å²) in [6.45, 7) is 0.648. The fourth-order valence-corrected chi connectivity index (χ4v) is 1.44. The first kappa shape index (κ1) is 9.04. The Bertz CT molecular complexity index is 293. The maximum absolute atomic E-state index is 8.54. The molecular formula is C8H9N3S. The second-order valence-corrected chi connectivity index (χ2v) is 3.29. The van der Waals surface area contributed by atoms with Gasteiger partial charge in [-0.15, -0.1) is 11.8 Å². The van der Waals surface area contributed by atoms with Crippen molar-refractivity contribution in [2.75, 3.05) is 12.3 Å². The molecule has 2 N–H and O–H groups in total. The van der Waals surface area contributed by atoms with Crippen LogP contribution in [0.25, 0.3) is 0 Å². The Kier molecular flexibility index (Phi) is 3.58. The van der Waals surface area contributed by atoms with Gasteiger partial charge >= 0.3 is 0 Å². The van der Waals surface area contributed by atoms with E-state index in [2.05, 4.69) is 4.98 Å². The van der Waals surface area contributed by atoms with E-state index in [1.54, 1.807) is 24.0 Å². The van der Waals surface area contributed by atoms with Crippen LogP contribution in [0, 0.1) is 11.3 Å². The molecule has 12 heavy (non-hydrogen) atoms. The molecule has 1 aromatic rings. The number of nitriles is 1. The predicted molar refractivity (Wildman–Crippen MR) is 48.7 cm³/mol. The Labute approximate surface area is 75.6 Å². The van der Waals surface area contributed by atoms with E-state index in [1.165, 1.54) is 0 Å². The number of nitrogens with two attached hydrogens (primary N) is 1. The first-order chi connectivity index (χ1) is 5.86. The summed E-state index contributed by atoms with van der Waals surface area (Å²) in [4.78, 5) is 4.91. The summed E-state index contributed by atoms with van der Waals surface area (Å²) in [5.41, 5.74) is 5.80. The lowest BCUT2D eigenvalue weighted by atomic mass is 10.4.